The van der Waals surface area contributed by atoms with Crippen molar-refractivity contribution in [2.45, 2.75) is 19.4 Å². The number of carbonyl (C=O) groups excluding carboxylic acids is 2. The van der Waals surface area contributed by atoms with Gasteiger partial charge in [0.25, 0.3) is 0 Å². The smallest absolute Gasteiger partial charge is 0.228 e. The summed E-state index contributed by atoms with van der Waals surface area (Å²) in [6, 6.07) is 6.17. The standard InChI is InChI=1S/C17H21FN2O3/c1-2-19-10-13(9-16(19)21)17(22)20-7-8-23-15(11-20)12-3-5-14(18)6-4-12/h3-6,13,15H,2,7-11H2,1H3/t13-,15-/m0/s1. The second-order valence-electron chi connectivity index (χ2n) is 6.03. The average Bonchev–Trinajstić information content (AvgIpc) is 2.96. The zero-order valence-corrected chi connectivity index (χ0v) is 13.2. The molecule has 0 bridgehead atoms. The molecule has 2 saturated heterocycles. The van der Waals surface area contributed by atoms with Crippen LogP contribution in [0.3, 0.4) is 0 Å². The molecule has 0 aromatic heterocycles. The second-order valence-corrected chi connectivity index (χ2v) is 6.03. The Morgan fingerprint density at radius 3 is 2.70 bits per heavy atom. The highest BCUT2D eigenvalue weighted by Gasteiger charge is 2.37. The van der Waals surface area contributed by atoms with Crippen molar-refractivity contribution in [2.75, 3.05) is 32.8 Å². The number of halogens is 1. The highest BCUT2D eigenvalue weighted by Crippen LogP contribution is 2.26. The zero-order chi connectivity index (χ0) is 16.4. The Hall–Kier alpha value is -1.95. The van der Waals surface area contributed by atoms with Crippen LogP contribution in [0.1, 0.15) is 25.0 Å². The third-order valence-corrected chi connectivity index (χ3v) is 4.57. The van der Waals surface area contributed by atoms with Crippen molar-refractivity contribution < 1.29 is 18.7 Å². The second kappa shape index (κ2) is 6.66. The molecule has 23 heavy (non-hydrogen) atoms. The van der Waals surface area contributed by atoms with Crippen molar-refractivity contribution >= 4 is 11.8 Å². The van der Waals surface area contributed by atoms with Crippen molar-refractivity contribution in [3.8, 4) is 0 Å². The van der Waals surface area contributed by atoms with Crippen LogP contribution in [0.4, 0.5) is 4.39 Å². The molecule has 2 heterocycles. The third kappa shape index (κ3) is 3.37. The number of amides is 2. The van der Waals surface area contributed by atoms with Gasteiger partial charge in [-0.1, -0.05) is 12.1 Å². The largest absolute Gasteiger partial charge is 0.370 e. The first-order valence-electron chi connectivity index (χ1n) is 8.02. The molecule has 2 atom stereocenters. The number of carbonyl (C=O) groups is 2. The molecule has 0 aliphatic carbocycles. The minimum atomic E-state index is -0.290. The Morgan fingerprint density at radius 2 is 2.04 bits per heavy atom. The molecule has 0 spiro atoms. The SMILES string of the molecule is CCN1C[C@@H](C(=O)N2CCO[C@H](c3ccc(F)cc3)C2)CC1=O. The fraction of sp³-hybridized carbons (Fsp3) is 0.529. The van der Waals surface area contributed by atoms with Gasteiger partial charge in [0.15, 0.2) is 0 Å². The molecule has 124 valence electrons. The molecule has 2 aliphatic rings. The first-order chi connectivity index (χ1) is 11.1. The van der Waals surface area contributed by atoms with Crippen molar-refractivity contribution in [3.63, 3.8) is 0 Å². The molecule has 1 aromatic rings. The van der Waals surface area contributed by atoms with Crippen molar-refractivity contribution in [1.82, 2.24) is 9.80 Å². The van der Waals surface area contributed by atoms with E-state index in [4.69, 9.17) is 4.74 Å². The van der Waals surface area contributed by atoms with E-state index in [0.29, 0.717) is 39.2 Å². The van der Waals surface area contributed by atoms with E-state index in [1.165, 1.54) is 12.1 Å². The number of hydrogen-bond acceptors (Lipinski definition) is 3. The Morgan fingerprint density at radius 1 is 1.30 bits per heavy atom. The van der Waals surface area contributed by atoms with E-state index in [9.17, 15) is 14.0 Å². The molecule has 1 aromatic carbocycles. The molecule has 6 heteroatoms. The lowest BCUT2D eigenvalue weighted by molar-refractivity contribution is -0.143. The topological polar surface area (TPSA) is 49.9 Å². The number of likely N-dealkylation sites (tertiary alicyclic amines) is 1. The Balaban J connectivity index is 1.65. The van der Waals surface area contributed by atoms with Gasteiger partial charge in [-0.15, -0.1) is 0 Å². The maximum atomic E-state index is 13.0. The molecule has 3 rings (SSSR count). The van der Waals surface area contributed by atoms with E-state index in [0.717, 1.165) is 5.56 Å². The summed E-state index contributed by atoms with van der Waals surface area (Å²) in [6.45, 7) is 4.50. The first-order valence-corrected chi connectivity index (χ1v) is 8.02. The van der Waals surface area contributed by atoms with Crippen LogP contribution >= 0.6 is 0 Å². The van der Waals surface area contributed by atoms with Crippen LogP contribution in [0.5, 0.6) is 0 Å². The molecule has 0 unspecified atom stereocenters. The molecule has 0 N–H and O–H groups in total. The lowest BCUT2D eigenvalue weighted by atomic mass is 10.0. The molecular formula is C17H21FN2O3. The third-order valence-electron chi connectivity index (χ3n) is 4.57. The van der Waals surface area contributed by atoms with Crippen LogP contribution < -0.4 is 0 Å². The summed E-state index contributed by atoms with van der Waals surface area (Å²) in [5, 5.41) is 0. The van der Waals surface area contributed by atoms with E-state index in [1.807, 2.05) is 6.92 Å². The fourth-order valence-electron chi connectivity index (χ4n) is 3.23. The fourth-order valence-corrected chi connectivity index (χ4v) is 3.23. The predicted molar refractivity (Wildman–Crippen MR) is 82.0 cm³/mol. The minimum absolute atomic E-state index is 0.0183. The molecule has 2 aliphatic heterocycles. The molecule has 0 radical (unpaired) electrons. The molecule has 5 nitrogen and oxygen atoms in total. The van der Waals surface area contributed by atoms with Gasteiger partial charge in [0, 0.05) is 26.1 Å². The van der Waals surface area contributed by atoms with Gasteiger partial charge in [-0.3, -0.25) is 9.59 Å². The number of nitrogens with zero attached hydrogens (tertiary/aromatic N) is 2. The number of hydrogen-bond donors (Lipinski definition) is 0. The first kappa shape index (κ1) is 15.9. The number of rotatable bonds is 3. The molecule has 0 saturated carbocycles. The van der Waals surface area contributed by atoms with Gasteiger partial charge in [0.05, 0.1) is 19.1 Å². The van der Waals surface area contributed by atoms with Crippen LogP contribution in [0.2, 0.25) is 0 Å². The summed E-state index contributed by atoms with van der Waals surface area (Å²) >= 11 is 0. The van der Waals surface area contributed by atoms with Crippen molar-refractivity contribution in [2.24, 2.45) is 5.92 Å². The van der Waals surface area contributed by atoms with Gasteiger partial charge in [0.1, 0.15) is 11.9 Å². The van der Waals surface area contributed by atoms with Crippen LogP contribution in [0.25, 0.3) is 0 Å². The lowest BCUT2D eigenvalue weighted by Crippen LogP contribution is -2.45. The van der Waals surface area contributed by atoms with E-state index in [2.05, 4.69) is 0 Å². The summed E-state index contributed by atoms with van der Waals surface area (Å²) < 4.78 is 18.7. The zero-order valence-electron chi connectivity index (χ0n) is 13.2. The van der Waals surface area contributed by atoms with Gasteiger partial charge >= 0.3 is 0 Å². The predicted octanol–water partition coefficient (Wildman–Crippen LogP) is 1.59. The molecule has 2 fully saturated rings. The Bertz CT molecular complexity index is 590. The lowest BCUT2D eigenvalue weighted by Gasteiger charge is -2.34. The van der Waals surface area contributed by atoms with Crippen LogP contribution in [-0.2, 0) is 14.3 Å². The average molecular weight is 320 g/mol. The van der Waals surface area contributed by atoms with Gasteiger partial charge in [-0.2, -0.15) is 0 Å². The Kier molecular flexibility index (Phi) is 4.61. The van der Waals surface area contributed by atoms with Gasteiger partial charge in [0.2, 0.25) is 11.8 Å². The normalized spacial score (nSPS) is 25.0. The van der Waals surface area contributed by atoms with E-state index in [1.54, 1.807) is 21.9 Å². The monoisotopic (exact) mass is 320 g/mol. The maximum absolute atomic E-state index is 13.0. The number of morpholine rings is 1. The number of ether oxygens (including phenoxy) is 1. The van der Waals surface area contributed by atoms with Gasteiger partial charge < -0.3 is 14.5 Å². The van der Waals surface area contributed by atoms with Crippen LogP contribution in [-0.4, -0.2) is 54.4 Å². The van der Waals surface area contributed by atoms with Crippen molar-refractivity contribution in [1.29, 1.82) is 0 Å². The van der Waals surface area contributed by atoms with E-state index >= 15 is 0 Å². The molecular weight excluding hydrogens is 299 g/mol. The summed E-state index contributed by atoms with van der Waals surface area (Å²) in [4.78, 5) is 28.0. The van der Waals surface area contributed by atoms with E-state index < -0.39 is 0 Å². The summed E-state index contributed by atoms with van der Waals surface area (Å²) in [5.74, 6) is -0.477. The highest BCUT2D eigenvalue weighted by atomic mass is 19.1. The highest BCUT2D eigenvalue weighted by molar-refractivity contribution is 5.89. The number of benzene rings is 1. The van der Waals surface area contributed by atoms with Crippen molar-refractivity contribution in [3.05, 3.63) is 35.6 Å². The quantitative estimate of drug-likeness (QED) is 0.850. The van der Waals surface area contributed by atoms with Crippen LogP contribution in [0, 0.1) is 11.7 Å². The van der Waals surface area contributed by atoms with Gasteiger partial charge in [-0.05, 0) is 24.6 Å². The summed E-state index contributed by atoms with van der Waals surface area (Å²) in [7, 11) is 0. The van der Waals surface area contributed by atoms with Crippen LogP contribution in [0.15, 0.2) is 24.3 Å². The summed E-state index contributed by atoms with van der Waals surface area (Å²) in [5.41, 5.74) is 0.863. The molecule has 2 amide bonds. The Labute approximate surface area is 135 Å². The minimum Gasteiger partial charge on any atom is -0.370 e. The summed E-state index contributed by atoms with van der Waals surface area (Å²) in [6.07, 6.45) is 0.0540. The maximum Gasteiger partial charge on any atom is 0.228 e. The van der Waals surface area contributed by atoms with E-state index in [-0.39, 0.29) is 29.7 Å². The van der Waals surface area contributed by atoms with Gasteiger partial charge in [-0.25, -0.2) is 4.39 Å².